The molecule has 0 spiro atoms. The van der Waals surface area contributed by atoms with E-state index in [9.17, 15) is 4.79 Å². The summed E-state index contributed by atoms with van der Waals surface area (Å²) in [6, 6.07) is 11.3. The van der Waals surface area contributed by atoms with E-state index >= 15 is 0 Å². The number of hydrogen-bond acceptors (Lipinski definition) is 3. The highest BCUT2D eigenvalue weighted by Crippen LogP contribution is 2.20. The molecule has 122 valence electrons. The molecule has 0 aliphatic heterocycles. The van der Waals surface area contributed by atoms with Crippen LogP contribution < -0.4 is 0 Å². The normalized spacial score (nSPS) is 10.6. The fourth-order valence-corrected chi connectivity index (χ4v) is 2.54. The van der Waals surface area contributed by atoms with Gasteiger partial charge in [0, 0.05) is 31.5 Å². The van der Waals surface area contributed by atoms with Crippen molar-refractivity contribution in [2.45, 2.75) is 6.54 Å². The molecule has 0 saturated carbocycles. The number of carbonyl (C=O) groups excluding carboxylic acids is 1. The summed E-state index contributed by atoms with van der Waals surface area (Å²) in [5.41, 5.74) is 2.27. The average molecular weight is 361 g/mol. The van der Waals surface area contributed by atoms with E-state index in [4.69, 9.17) is 23.2 Å². The van der Waals surface area contributed by atoms with Gasteiger partial charge in [0.05, 0.1) is 22.5 Å². The fraction of sp³-hybridized carbons (Fsp3) is 0.118. The van der Waals surface area contributed by atoms with E-state index in [1.54, 1.807) is 22.8 Å². The van der Waals surface area contributed by atoms with Gasteiger partial charge in [0.1, 0.15) is 5.15 Å². The van der Waals surface area contributed by atoms with Crippen LogP contribution in [0, 0.1) is 0 Å². The lowest BCUT2D eigenvalue weighted by molar-refractivity contribution is 0.0784. The summed E-state index contributed by atoms with van der Waals surface area (Å²) in [5, 5.41) is 4.76. The Kier molecular flexibility index (Phi) is 4.83. The van der Waals surface area contributed by atoms with Crippen LogP contribution in [-0.2, 0) is 6.54 Å². The largest absolute Gasteiger partial charge is 0.337 e. The number of para-hydroxylation sites is 1. The van der Waals surface area contributed by atoms with E-state index in [0.717, 1.165) is 11.3 Å². The molecule has 5 nitrogen and oxygen atoms in total. The van der Waals surface area contributed by atoms with Gasteiger partial charge in [-0.25, -0.2) is 9.67 Å². The third-order valence-electron chi connectivity index (χ3n) is 3.47. The Bertz CT molecular complexity index is 864. The van der Waals surface area contributed by atoms with Crippen LogP contribution in [0.5, 0.6) is 0 Å². The lowest BCUT2D eigenvalue weighted by Gasteiger charge is -2.16. The Hall–Kier alpha value is -2.37. The Labute approximate surface area is 149 Å². The number of nitrogens with zero attached hydrogens (tertiary/aromatic N) is 4. The molecule has 0 fully saturated rings. The zero-order valence-electron chi connectivity index (χ0n) is 12.9. The van der Waals surface area contributed by atoms with Crippen molar-refractivity contribution in [3.8, 4) is 5.69 Å². The van der Waals surface area contributed by atoms with Gasteiger partial charge in [0.15, 0.2) is 0 Å². The van der Waals surface area contributed by atoms with E-state index < -0.39 is 0 Å². The lowest BCUT2D eigenvalue weighted by Crippen LogP contribution is -2.26. The highest BCUT2D eigenvalue weighted by Gasteiger charge is 2.15. The standard InChI is InChI=1S/C17H14Cl2N4O/c1-22(17(24)13-7-15(18)16(19)20-9-13)10-12-8-21-23(11-12)14-5-3-2-4-6-14/h2-9,11H,10H2,1H3. The van der Waals surface area contributed by atoms with Gasteiger partial charge >= 0.3 is 0 Å². The van der Waals surface area contributed by atoms with Crippen molar-refractivity contribution < 1.29 is 4.79 Å². The molecule has 2 aromatic heterocycles. The van der Waals surface area contributed by atoms with Gasteiger partial charge in [-0.3, -0.25) is 4.79 Å². The van der Waals surface area contributed by atoms with E-state index in [1.807, 2.05) is 36.5 Å². The summed E-state index contributed by atoms with van der Waals surface area (Å²) in [5.74, 6) is -0.187. The third kappa shape index (κ3) is 3.58. The number of rotatable bonds is 4. The zero-order valence-corrected chi connectivity index (χ0v) is 14.4. The topological polar surface area (TPSA) is 51.0 Å². The van der Waals surface area contributed by atoms with Crippen molar-refractivity contribution >= 4 is 29.1 Å². The van der Waals surface area contributed by atoms with Crippen LogP contribution in [0.15, 0.2) is 55.0 Å². The first kappa shape index (κ1) is 16.5. The first-order valence-corrected chi connectivity index (χ1v) is 7.95. The number of carbonyl (C=O) groups is 1. The highest BCUT2D eigenvalue weighted by atomic mass is 35.5. The lowest BCUT2D eigenvalue weighted by atomic mass is 10.2. The molecular weight excluding hydrogens is 347 g/mol. The number of pyridine rings is 1. The molecule has 2 heterocycles. The van der Waals surface area contributed by atoms with Gasteiger partial charge in [0.2, 0.25) is 0 Å². The molecule has 3 rings (SSSR count). The minimum Gasteiger partial charge on any atom is -0.337 e. The summed E-state index contributed by atoms with van der Waals surface area (Å²) in [6.45, 7) is 0.423. The van der Waals surface area contributed by atoms with Crippen LogP contribution >= 0.6 is 23.2 Å². The molecule has 0 bridgehead atoms. The van der Waals surface area contributed by atoms with Crippen LogP contribution in [0.2, 0.25) is 10.2 Å². The molecular formula is C17H14Cl2N4O. The molecule has 1 amide bonds. The number of halogens is 2. The van der Waals surface area contributed by atoms with Gasteiger partial charge in [0.25, 0.3) is 5.91 Å². The zero-order chi connectivity index (χ0) is 17.1. The number of benzene rings is 1. The Morgan fingerprint density at radius 2 is 1.96 bits per heavy atom. The molecule has 0 aliphatic carbocycles. The molecule has 0 saturated heterocycles. The maximum Gasteiger partial charge on any atom is 0.255 e. The molecule has 0 unspecified atom stereocenters. The summed E-state index contributed by atoms with van der Waals surface area (Å²) in [4.78, 5) is 17.9. The van der Waals surface area contributed by atoms with E-state index in [-0.39, 0.29) is 16.1 Å². The summed E-state index contributed by atoms with van der Waals surface area (Å²) in [6.07, 6.45) is 5.05. The SMILES string of the molecule is CN(Cc1cnn(-c2ccccc2)c1)C(=O)c1cnc(Cl)c(Cl)c1. The summed E-state index contributed by atoms with van der Waals surface area (Å²) >= 11 is 11.7. The molecule has 0 N–H and O–H groups in total. The molecule has 0 aliphatic rings. The maximum atomic E-state index is 12.4. The van der Waals surface area contributed by atoms with E-state index in [1.165, 1.54) is 12.3 Å². The second kappa shape index (κ2) is 7.03. The monoisotopic (exact) mass is 360 g/mol. The van der Waals surface area contributed by atoms with Crippen LogP contribution in [-0.4, -0.2) is 32.6 Å². The second-order valence-electron chi connectivity index (χ2n) is 5.29. The molecule has 3 aromatic rings. The molecule has 1 aromatic carbocycles. The van der Waals surface area contributed by atoms with Gasteiger partial charge in [-0.2, -0.15) is 5.10 Å². The van der Waals surface area contributed by atoms with Crippen LogP contribution in [0.4, 0.5) is 0 Å². The Morgan fingerprint density at radius 1 is 1.21 bits per heavy atom. The molecule has 0 radical (unpaired) electrons. The molecule has 0 atom stereocenters. The maximum absolute atomic E-state index is 12.4. The first-order valence-electron chi connectivity index (χ1n) is 7.20. The predicted octanol–water partition coefficient (Wildman–Crippen LogP) is 3.85. The van der Waals surface area contributed by atoms with Crippen molar-refractivity contribution in [3.63, 3.8) is 0 Å². The summed E-state index contributed by atoms with van der Waals surface area (Å²) < 4.78 is 1.77. The first-order chi connectivity index (χ1) is 11.5. The average Bonchev–Trinajstić information content (AvgIpc) is 3.06. The summed E-state index contributed by atoms with van der Waals surface area (Å²) in [7, 11) is 1.71. The predicted molar refractivity (Wildman–Crippen MR) is 93.6 cm³/mol. The van der Waals surface area contributed by atoms with Crippen LogP contribution in [0.1, 0.15) is 15.9 Å². The van der Waals surface area contributed by atoms with Gasteiger partial charge in [-0.05, 0) is 18.2 Å². The van der Waals surface area contributed by atoms with E-state index in [2.05, 4.69) is 10.1 Å². The van der Waals surface area contributed by atoms with Crippen molar-refractivity contribution in [2.75, 3.05) is 7.05 Å². The highest BCUT2D eigenvalue weighted by molar-refractivity contribution is 6.41. The number of aromatic nitrogens is 3. The van der Waals surface area contributed by atoms with Crippen molar-refractivity contribution in [1.82, 2.24) is 19.7 Å². The smallest absolute Gasteiger partial charge is 0.255 e. The van der Waals surface area contributed by atoms with Crippen molar-refractivity contribution in [3.05, 3.63) is 76.3 Å². The minimum atomic E-state index is -0.187. The quantitative estimate of drug-likeness (QED) is 0.664. The van der Waals surface area contributed by atoms with Crippen LogP contribution in [0.3, 0.4) is 0 Å². The number of amides is 1. The van der Waals surface area contributed by atoms with Gasteiger partial charge in [-0.1, -0.05) is 41.4 Å². The van der Waals surface area contributed by atoms with Crippen molar-refractivity contribution in [1.29, 1.82) is 0 Å². The Morgan fingerprint density at radius 3 is 2.67 bits per heavy atom. The van der Waals surface area contributed by atoms with Crippen LogP contribution in [0.25, 0.3) is 5.69 Å². The van der Waals surface area contributed by atoms with Gasteiger partial charge < -0.3 is 4.90 Å². The second-order valence-corrected chi connectivity index (χ2v) is 6.05. The third-order valence-corrected chi connectivity index (χ3v) is 4.15. The Balaban J connectivity index is 1.72. The minimum absolute atomic E-state index is 0.181. The van der Waals surface area contributed by atoms with Crippen molar-refractivity contribution in [2.24, 2.45) is 0 Å². The molecule has 24 heavy (non-hydrogen) atoms. The molecule has 7 heteroatoms. The fourth-order valence-electron chi connectivity index (χ4n) is 2.27. The number of hydrogen-bond donors (Lipinski definition) is 0. The van der Waals surface area contributed by atoms with E-state index in [0.29, 0.717) is 12.1 Å². The van der Waals surface area contributed by atoms with Gasteiger partial charge in [-0.15, -0.1) is 0 Å².